The number of ether oxygens (including phenoxy) is 1. The topological polar surface area (TPSA) is 26.3 Å². The molecule has 0 atom stereocenters. The van der Waals surface area contributed by atoms with Gasteiger partial charge in [0.25, 0.3) is 0 Å². The van der Waals surface area contributed by atoms with Crippen LogP contribution in [0.5, 0.6) is 0 Å². The summed E-state index contributed by atoms with van der Waals surface area (Å²) in [6.45, 7) is 3.93. The van der Waals surface area contributed by atoms with E-state index in [0.717, 1.165) is 5.56 Å². The molecule has 0 N–H and O–H groups in total. The number of carbonyl (C=O) groups is 1. The lowest BCUT2D eigenvalue weighted by atomic mass is 10.0. The van der Waals surface area contributed by atoms with Gasteiger partial charge in [0.15, 0.2) is 0 Å². The van der Waals surface area contributed by atoms with Crippen LogP contribution in [-0.4, -0.2) is 13.1 Å². The second-order valence-corrected chi connectivity index (χ2v) is 3.39. The Bertz CT molecular complexity index is 345. The van der Waals surface area contributed by atoms with Crippen LogP contribution in [0.25, 0.3) is 0 Å². The molecular weight excluding hydrogens is 183 g/mol. The number of carbonyl (C=O) groups excluding carboxylic acids is 1. The van der Waals surface area contributed by atoms with Crippen molar-refractivity contribution in [3.8, 4) is 0 Å². The molecule has 0 bridgehead atoms. The highest BCUT2D eigenvalue weighted by Crippen LogP contribution is 2.18. The maximum Gasteiger partial charge on any atom is 0.340 e. The highest BCUT2D eigenvalue weighted by atomic mass is 19.1. The van der Waals surface area contributed by atoms with E-state index in [9.17, 15) is 9.18 Å². The standard InChI is InChI=1S/C11H13FO2/c1-7(2)8-4-5-9(10(12)6-8)11(13)14-3/h4-7H,1-3H3. The first kappa shape index (κ1) is 10.7. The molecule has 0 aliphatic rings. The third-order valence-corrected chi connectivity index (χ3v) is 2.07. The molecule has 14 heavy (non-hydrogen) atoms. The average Bonchev–Trinajstić information content (AvgIpc) is 2.16. The number of benzene rings is 1. The Kier molecular flexibility index (Phi) is 3.23. The van der Waals surface area contributed by atoms with E-state index in [1.54, 1.807) is 6.07 Å². The van der Waals surface area contributed by atoms with Gasteiger partial charge in [0, 0.05) is 0 Å². The average molecular weight is 196 g/mol. The number of esters is 1. The van der Waals surface area contributed by atoms with Crippen LogP contribution in [0.3, 0.4) is 0 Å². The molecule has 0 fully saturated rings. The maximum atomic E-state index is 13.3. The first-order valence-electron chi connectivity index (χ1n) is 4.44. The van der Waals surface area contributed by atoms with Crippen molar-refractivity contribution in [3.63, 3.8) is 0 Å². The molecular formula is C11H13FO2. The van der Waals surface area contributed by atoms with Crippen molar-refractivity contribution in [3.05, 3.63) is 35.1 Å². The van der Waals surface area contributed by atoms with E-state index in [4.69, 9.17) is 0 Å². The number of halogens is 1. The second kappa shape index (κ2) is 4.22. The zero-order chi connectivity index (χ0) is 10.7. The minimum atomic E-state index is -0.641. The lowest BCUT2D eigenvalue weighted by molar-refractivity contribution is 0.0595. The van der Waals surface area contributed by atoms with Crippen molar-refractivity contribution in [1.29, 1.82) is 0 Å². The quantitative estimate of drug-likeness (QED) is 0.680. The zero-order valence-corrected chi connectivity index (χ0v) is 8.50. The fraction of sp³-hybridized carbons (Fsp3) is 0.364. The molecule has 1 aromatic carbocycles. The van der Waals surface area contributed by atoms with Gasteiger partial charge < -0.3 is 4.74 Å². The number of hydrogen-bond donors (Lipinski definition) is 0. The molecule has 76 valence electrons. The molecule has 0 radical (unpaired) electrons. The Morgan fingerprint density at radius 3 is 2.50 bits per heavy atom. The summed E-state index contributed by atoms with van der Waals surface area (Å²) in [7, 11) is 1.23. The first-order chi connectivity index (χ1) is 6.56. The Morgan fingerprint density at radius 2 is 2.07 bits per heavy atom. The van der Waals surface area contributed by atoms with Gasteiger partial charge in [-0.25, -0.2) is 9.18 Å². The minimum absolute atomic E-state index is 0.0168. The van der Waals surface area contributed by atoms with Gasteiger partial charge in [0.1, 0.15) is 5.82 Å². The molecule has 1 aromatic rings. The van der Waals surface area contributed by atoms with Crippen LogP contribution in [0.1, 0.15) is 35.7 Å². The Balaban J connectivity index is 3.07. The molecule has 2 nitrogen and oxygen atoms in total. The highest BCUT2D eigenvalue weighted by Gasteiger charge is 2.12. The van der Waals surface area contributed by atoms with Crippen LogP contribution in [0.2, 0.25) is 0 Å². The summed E-state index contributed by atoms with van der Waals surface area (Å²) in [5.74, 6) is -0.919. The minimum Gasteiger partial charge on any atom is -0.465 e. The molecule has 3 heteroatoms. The Hall–Kier alpha value is -1.38. The van der Waals surface area contributed by atoms with Crippen LogP contribution < -0.4 is 0 Å². The smallest absolute Gasteiger partial charge is 0.340 e. The van der Waals surface area contributed by atoms with Gasteiger partial charge in [-0.2, -0.15) is 0 Å². The molecule has 0 unspecified atom stereocenters. The van der Waals surface area contributed by atoms with Crippen LogP contribution in [-0.2, 0) is 4.74 Å². The maximum absolute atomic E-state index is 13.3. The van der Waals surface area contributed by atoms with Crippen molar-refractivity contribution in [2.75, 3.05) is 7.11 Å². The molecule has 0 aliphatic carbocycles. The van der Waals surface area contributed by atoms with Gasteiger partial charge in [-0.1, -0.05) is 19.9 Å². The molecule has 0 heterocycles. The molecule has 0 spiro atoms. The highest BCUT2D eigenvalue weighted by molar-refractivity contribution is 5.89. The number of hydrogen-bond acceptors (Lipinski definition) is 2. The second-order valence-electron chi connectivity index (χ2n) is 3.39. The van der Waals surface area contributed by atoms with E-state index < -0.39 is 11.8 Å². The van der Waals surface area contributed by atoms with E-state index in [2.05, 4.69) is 4.74 Å². The summed E-state index contributed by atoms with van der Waals surface area (Å²) in [6.07, 6.45) is 0. The first-order valence-corrected chi connectivity index (χ1v) is 4.44. The molecule has 0 aromatic heterocycles. The normalized spacial score (nSPS) is 10.4. The Labute approximate surface area is 82.7 Å². The van der Waals surface area contributed by atoms with Crippen molar-refractivity contribution >= 4 is 5.97 Å². The van der Waals surface area contributed by atoms with Crippen LogP contribution in [0.4, 0.5) is 4.39 Å². The van der Waals surface area contributed by atoms with Gasteiger partial charge in [-0.05, 0) is 23.6 Å². The van der Waals surface area contributed by atoms with Gasteiger partial charge in [-0.3, -0.25) is 0 Å². The van der Waals surface area contributed by atoms with Crippen molar-refractivity contribution in [2.24, 2.45) is 0 Å². The molecule has 0 aliphatic heterocycles. The third kappa shape index (κ3) is 2.10. The number of methoxy groups -OCH3 is 1. The summed E-state index contributed by atoms with van der Waals surface area (Å²) in [5.41, 5.74) is 0.854. The summed E-state index contributed by atoms with van der Waals surface area (Å²) in [5, 5.41) is 0. The Morgan fingerprint density at radius 1 is 1.43 bits per heavy atom. The SMILES string of the molecule is COC(=O)c1ccc(C(C)C)cc1F. The van der Waals surface area contributed by atoms with E-state index in [1.165, 1.54) is 19.2 Å². The molecule has 0 saturated heterocycles. The summed E-state index contributed by atoms with van der Waals surface area (Å²) in [4.78, 5) is 11.1. The lowest BCUT2D eigenvalue weighted by Gasteiger charge is -2.07. The summed E-state index contributed by atoms with van der Waals surface area (Å²) < 4.78 is 17.8. The van der Waals surface area contributed by atoms with Gasteiger partial charge >= 0.3 is 5.97 Å². The summed E-state index contributed by atoms with van der Waals surface area (Å²) >= 11 is 0. The van der Waals surface area contributed by atoms with E-state index in [1.807, 2.05) is 13.8 Å². The van der Waals surface area contributed by atoms with E-state index in [0.29, 0.717) is 0 Å². The fourth-order valence-electron chi connectivity index (χ4n) is 1.17. The van der Waals surface area contributed by atoms with Crippen molar-refractivity contribution < 1.29 is 13.9 Å². The van der Waals surface area contributed by atoms with Crippen LogP contribution in [0.15, 0.2) is 18.2 Å². The van der Waals surface area contributed by atoms with Crippen LogP contribution in [0, 0.1) is 5.82 Å². The monoisotopic (exact) mass is 196 g/mol. The summed E-state index contributed by atoms with van der Waals surface area (Å²) in [6, 6.07) is 4.56. The third-order valence-electron chi connectivity index (χ3n) is 2.07. The van der Waals surface area contributed by atoms with Crippen LogP contribution >= 0.6 is 0 Å². The molecule has 1 rings (SSSR count). The van der Waals surface area contributed by atoms with Gasteiger partial charge in [-0.15, -0.1) is 0 Å². The van der Waals surface area contributed by atoms with Crippen molar-refractivity contribution in [1.82, 2.24) is 0 Å². The van der Waals surface area contributed by atoms with E-state index >= 15 is 0 Å². The van der Waals surface area contributed by atoms with Crippen molar-refractivity contribution in [2.45, 2.75) is 19.8 Å². The number of rotatable bonds is 2. The van der Waals surface area contributed by atoms with Gasteiger partial charge in [0.05, 0.1) is 12.7 Å². The lowest BCUT2D eigenvalue weighted by Crippen LogP contribution is -2.05. The molecule has 0 amide bonds. The fourth-order valence-corrected chi connectivity index (χ4v) is 1.17. The predicted molar refractivity (Wildman–Crippen MR) is 51.8 cm³/mol. The van der Waals surface area contributed by atoms with E-state index in [-0.39, 0.29) is 11.5 Å². The predicted octanol–water partition coefficient (Wildman–Crippen LogP) is 2.74. The molecule has 0 saturated carbocycles. The van der Waals surface area contributed by atoms with Gasteiger partial charge in [0.2, 0.25) is 0 Å². The largest absolute Gasteiger partial charge is 0.465 e. The zero-order valence-electron chi connectivity index (χ0n) is 8.50.